The summed E-state index contributed by atoms with van der Waals surface area (Å²) in [5.41, 5.74) is 1.71. The third kappa shape index (κ3) is 3.27. The highest BCUT2D eigenvalue weighted by Crippen LogP contribution is 2.50. The molecule has 0 saturated carbocycles. The number of halogens is 1. The fraction of sp³-hybridized carbons (Fsp3) is 0.200. The van der Waals surface area contributed by atoms with E-state index in [-0.39, 0.29) is 5.91 Å². The van der Waals surface area contributed by atoms with Gasteiger partial charge >= 0.3 is 0 Å². The van der Waals surface area contributed by atoms with Gasteiger partial charge in [-0.1, -0.05) is 35.5 Å². The molecule has 0 spiro atoms. The highest BCUT2D eigenvalue weighted by Gasteiger charge is 2.38. The number of thioether (sulfide) groups is 2. The van der Waals surface area contributed by atoms with Gasteiger partial charge in [0.05, 0.1) is 17.8 Å². The van der Waals surface area contributed by atoms with E-state index in [1.807, 2.05) is 26.1 Å². The largest absolute Gasteiger partial charge is 0.494 e. The molecule has 0 unspecified atom stereocenters. The standard InChI is InChI=1S/C20H18ClN3O2S2/c1-4-24-18(25)17(19-23(2)14-7-5-6-8-16(14)27-19)28-20(24)22-13-11-12(21)9-10-15(13)26-3/h5-11H,4H2,1-3H3/b19-17-,22-20?. The summed E-state index contributed by atoms with van der Waals surface area (Å²) < 4.78 is 5.39. The molecule has 4 rings (SSSR count). The molecule has 144 valence electrons. The lowest BCUT2D eigenvalue weighted by atomic mass is 10.3. The molecule has 0 aromatic heterocycles. The number of methoxy groups -OCH3 is 1. The molecular formula is C20H18ClN3O2S2. The van der Waals surface area contributed by atoms with Gasteiger partial charge in [0, 0.05) is 23.5 Å². The summed E-state index contributed by atoms with van der Waals surface area (Å²) in [4.78, 5) is 23.4. The van der Waals surface area contributed by atoms with Gasteiger partial charge in [0.1, 0.15) is 16.3 Å². The average molecular weight is 432 g/mol. The summed E-state index contributed by atoms with van der Waals surface area (Å²) in [6.07, 6.45) is 0. The molecule has 2 heterocycles. The molecule has 5 nitrogen and oxygen atoms in total. The van der Waals surface area contributed by atoms with Crippen molar-refractivity contribution in [3.63, 3.8) is 0 Å². The highest BCUT2D eigenvalue weighted by atomic mass is 35.5. The molecular weight excluding hydrogens is 414 g/mol. The van der Waals surface area contributed by atoms with Gasteiger partial charge < -0.3 is 9.64 Å². The maximum Gasteiger partial charge on any atom is 0.269 e. The van der Waals surface area contributed by atoms with Crippen molar-refractivity contribution >= 4 is 57.6 Å². The van der Waals surface area contributed by atoms with Gasteiger partial charge in [-0.25, -0.2) is 4.99 Å². The van der Waals surface area contributed by atoms with E-state index in [0.717, 1.165) is 15.6 Å². The minimum atomic E-state index is -0.0330. The number of nitrogens with zero attached hydrogens (tertiary/aromatic N) is 3. The zero-order chi connectivity index (χ0) is 19.8. The molecule has 28 heavy (non-hydrogen) atoms. The molecule has 2 aliphatic rings. The Balaban J connectivity index is 1.75. The Morgan fingerprint density at radius 1 is 1.18 bits per heavy atom. The smallest absolute Gasteiger partial charge is 0.269 e. The molecule has 2 aromatic rings. The van der Waals surface area contributed by atoms with Gasteiger partial charge in [0.15, 0.2) is 5.17 Å². The number of para-hydroxylation sites is 1. The van der Waals surface area contributed by atoms with E-state index >= 15 is 0 Å². The number of amidine groups is 1. The summed E-state index contributed by atoms with van der Waals surface area (Å²) in [6, 6.07) is 13.4. The minimum absolute atomic E-state index is 0.0330. The van der Waals surface area contributed by atoms with E-state index in [4.69, 9.17) is 21.3 Å². The predicted molar refractivity (Wildman–Crippen MR) is 118 cm³/mol. The minimum Gasteiger partial charge on any atom is -0.494 e. The number of hydrogen-bond donors (Lipinski definition) is 0. The van der Waals surface area contributed by atoms with E-state index in [2.05, 4.69) is 17.0 Å². The Kier molecular flexibility index (Phi) is 5.31. The molecule has 0 N–H and O–H groups in total. The van der Waals surface area contributed by atoms with Crippen LogP contribution in [0.4, 0.5) is 11.4 Å². The summed E-state index contributed by atoms with van der Waals surface area (Å²) in [6.45, 7) is 2.47. The summed E-state index contributed by atoms with van der Waals surface area (Å²) >= 11 is 9.13. The van der Waals surface area contributed by atoms with Crippen molar-refractivity contribution in [3.05, 3.63) is 57.4 Å². The first-order valence-electron chi connectivity index (χ1n) is 8.70. The second kappa shape index (κ2) is 7.73. The van der Waals surface area contributed by atoms with Crippen LogP contribution < -0.4 is 9.64 Å². The van der Waals surface area contributed by atoms with Crippen molar-refractivity contribution in [1.29, 1.82) is 0 Å². The fourth-order valence-electron chi connectivity index (χ4n) is 3.05. The first-order valence-corrected chi connectivity index (χ1v) is 10.7. The molecule has 0 atom stereocenters. The maximum absolute atomic E-state index is 13.1. The first kappa shape index (κ1) is 19.2. The monoisotopic (exact) mass is 431 g/mol. The second-order valence-electron chi connectivity index (χ2n) is 6.13. The zero-order valence-electron chi connectivity index (χ0n) is 15.6. The second-order valence-corrected chi connectivity index (χ2v) is 8.57. The first-order chi connectivity index (χ1) is 13.5. The summed E-state index contributed by atoms with van der Waals surface area (Å²) in [7, 11) is 3.58. The SMILES string of the molecule is CCN1C(=O)/C(=C2/Sc3ccccc3N2C)SC1=Nc1cc(Cl)ccc1OC. The van der Waals surface area contributed by atoms with E-state index < -0.39 is 0 Å². The maximum atomic E-state index is 13.1. The molecule has 2 aromatic carbocycles. The van der Waals surface area contributed by atoms with Crippen LogP contribution in [0.1, 0.15) is 6.92 Å². The number of ether oxygens (including phenoxy) is 1. The number of likely N-dealkylation sites (N-methyl/N-ethyl adjacent to an activating group) is 1. The fourth-order valence-corrected chi connectivity index (χ4v) is 5.62. The van der Waals surface area contributed by atoms with Crippen LogP contribution in [0.15, 0.2) is 62.3 Å². The molecule has 8 heteroatoms. The van der Waals surface area contributed by atoms with Gasteiger partial charge in [-0.05, 0) is 49.0 Å². The third-order valence-electron chi connectivity index (χ3n) is 4.47. The van der Waals surface area contributed by atoms with Gasteiger partial charge in [-0.3, -0.25) is 9.69 Å². The Labute approximate surface area is 177 Å². The normalized spacial score (nSPS) is 20.3. The molecule has 0 bridgehead atoms. The van der Waals surface area contributed by atoms with Crippen molar-refractivity contribution in [2.75, 3.05) is 25.6 Å². The molecule has 1 saturated heterocycles. The van der Waals surface area contributed by atoms with Crippen LogP contribution in [0.2, 0.25) is 5.02 Å². The predicted octanol–water partition coefficient (Wildman–Crippen LogP) is 5.34. The van der Waals surface area contributed by atoms with E-state index in [0.29, 0.717) is 33.1 Å². The Morgan fingerprint density at radius 3 is 2.68 bits per heavy atom. The number of rotatable bonds is 3. The van der Waals surface area contributed by atoms with E-state index in [1.54, 1.807) is 42.0 Å². The van der Waals surface area contributed by atoms with Crippen LogP contribution >= 0.6 is 35.1 Å². The van der Waals surface area contributed by atoms with Crippen LogP contribution in [0.3, 0.4) is 0 Å². The van der Waals surface area contributed by atoms with Crippen LogP contribution in [-0.2, 0) is 4.79 Å². The average Bonchev–Trinajstić information content (AvgIpc) is 3.19. The van der Waals surface area contributed by atoms with Crippen molar-refractivity contribution in [2.24, 2.45) is 4.99 Å². The van der Waals surface area contributed by atoms with Crippen LogP contribution in [0.25, 0.3) is 0 Å². The Bertz CT molecular complexity index is 1020. The number of hydrogen-bond acceptors (Lipinski definition) is 6. The van der Waals surface area contributed by atoms with Crippen LogP contribution in [0, 0.1) is 0 Å². The van der Waals surface area contributed by atoms with Crippen molar-refractivity contribution < 1.29 is 9.53 Å². The summed E-state index contributed by atoms with van der Waals surface area (Å²) in [5.74, 6) is 0.580. The van der Waals surface area contributed by atoms with E-state index in [9.17, 15) is 4.79 Å². The van der Waals surface area contributed by atoms with Crippen LogP contribution in [-0.4, -0.2) is 36.7 Å². The number of carbonyl (C=O) groups excluding carboxylic acids is 1. The Morgan fingerprint density at radius 2 is 1.96 bits per heavy atom. The lowest BCUT2D eigenvalue weighted by molar-refractivity contribution is -0.122. The lowest BCUT2D eigenvalue weighted by Crippen LogP contribution is -2.29. The molecule has 1 amide bonds. The topological polar surface area (TPSA) is 45.1 Å². The number of amides is 1. The van der Waals surface area contributed by atoms with E-state index in [1.165, 1.54) is 11.8 Å². The number of aliphatic imine (C=N–C) groups is 1. The van der Waals surface area contributed by atoms with Gasteiger partial charge in [-0.2, -0.15) is 0 Å². The number of carbonyl (C=O) groups is 1. The van der Waals surface area contributed by atoms with Crippen molar-refractivity contribution in [1.82, 2.24) is 4.90 Å². The molecule has 0 aliphatic carbocycles. The Hall–Kier alpha value is -2.09. The number of benzene rings is 2. The van der Waals surface area contributed by atoms with Gasteiger partial charge in [-0.15, -0.1) is 0 Å². The van der Waals surface area contributed by atoms with Crippen LogP contribution in [0.5, 0.6) is 5.75 Å². The quantitative estimate of drug-likeness (QED) is 0.613. The summed E-state index contributed by atoms with van der Waals surface area (Å²) in [5, 5.41) is 2.12. The lowest BCUT2D eigenvalue weighted by Gasteiger charge is -2.15. The zero-order valence-corrected chi connectivity index (χ0v) is 18.0. The highest BCUT2D eigenvalue weighted by molar-refractivity contribution is 8.19. The molecule has 1 fully saturated rings. The van der Waals surface area contributed by atoms with Gasteiger partial charge in [0.2, 0.25) is 0 Å². The number of fused-ring (bicyclic) bond motifs is 1. The van der Waals surface area contributed by atoms with Crippen molar-refractivity contribution in [2.45, 2.75) is 11.8 Å². The molecule has 2 aliphatic heterocycles. The number of anilines is 1. The molecule has 0 radical (unpaired) electrons. The third-order valence-corrected chi connectivity index (χ3v) is 7.14. The van der Waals surface area contributed by atoms with Gasteiger partial charge in [0.25, 0.3) is 5.91 Å². The van der Waals surface area contributed by atoms with Crippen molar-refractivity contribution in [3.8, 4) is 5.75 Å².